The molecule has 6 nitrogen and oxygen atoms in total. The molecule has 0 radical (unpaired) electrons. The molecule has 2 aromatic rings. The molecule has 4 N–H and O–H groups in total. The van der Waals surface area contributed by atoms with Crippen molar-refractivity contribution in [1.29, 1.82) is 0 Å². The van der Waals surface area contributed by atoms with Gasteiger partial charge in [0, 0.05) is 24.5 Å². The van der Waals surface area contributed by atoms with Crippen LogP contribution >= 0.6 is 11.3 Å². The van der Waals surface area contributed by atoms with E-state index in [1.54, 1.807) is 12.1 Å². The molecule has 2 rings (SSSR count). The number of thiophene rings is 1. The Morgan fingerprint density at radius 1 is 1.26 bits per heavy atom. The summed E-state index contributed by atoms with van der Waals surface area (Å²) in [6.07, 6.45) is 0.0590. The highest BCUT2D eigenvalue weighted by molar-refractivity contribution is 7.10. The molecule has 146 valence electrons. The fourth-order valence-corrected chi connectivity index (χ4v) is 3.60. The zero-order chi connectivity index (χ0) is 19.8. The minimum atomic E-state index is -0.685. The molecular formula is C19H25FN4O2S. The summed E-state index contributed by atoms with van der Waals surface area (Å²) in [5.41, 5.74) is 6.42. The molecule has 0 saturated heterocycles. The van der Waals surface area contributed by atoms with E-state index in [2.05, 4.69) is 10.6 Å². The second-order valence-corrected chi connectivity index (χ2v) is 6.99. The van der Waals surface area contributed by atoms with E-state index in [-0.39, 0.29) is 24.7 Å². The topological polar surface area (TPSA) is 87.5 Å². The van der Waals surface area contributed by atoms with Crippen LogP contribution in [0.2, 0.25) is 0 Å². The number of halogens is 1. The van der Waals surface area contributed by atoms with Crippen molar-refractivity contribution in [1.82, 2.24) is 10.6 Å². The van der Waals surface area contributed by atoms with E-state index in [1.165, 1.54) is 17.4 Å². The highest BCUT2D eigenvalue weighted by Crippen LogP contribution is 2.22. The summed E-state index contributed by atoms with van der Waals surface area (Å²) in [6, 6.07) is 7.47. The molecule has 1 aromatic carbocycles. The number of anilines is 1. The normalized spacial score (nSPS) is 11.7. The quantitative estimate of drug-likeness (QED) is 0.613. The molecular weight excluding hydrogens is 367 g/mol. The highest BCUT2D eigenvalue weighted by atomic mass is 32.1. The van der Waals surface area contributed by atoms with Crippen LogP contribution in [0.1, 0.15) is 36.8 Å². The molecule has 0 spiro atoms. The van der Waals surface area contributed by atoms with Crippen LogP contribution in [0.15, 0.2) is 35.7 Å². The second-order valence-electron chi connectivity index (χ2n) is 6.02. The van der Waals surface area contributed by atoms with Gasteiger partial charge in [-0.1, -0.05) is 12.1 Å². The lowest BCUT2D eigenvalue weighted by Crippen LogP contribution is -2.36. The molecule has 0 aliphatic rings. The highest BCUT2D eigenvalue weighted by Gasteiger charge is 2.18. The summed E-state index contributed by atoms with van der Waals surface area (Å²) < 4.78 is 14.3. The first-order chi connectivity index (χ1) is 12.9. The average Bonchev–Trinajstić information content (AvgIpc) is 3.16. The van der Waals surface area contributed by atoms with Crippen LogP contribution in [0.4, 0.5) is 14.9 Å². The van der Waals surface area contributed by atoms with Crippen LogP contribution in [-0.2, 0) is 11.3 Å². The van der Waals surface area contributed by atoms with Crippen molar-refractivity contribution in [3.8, 4) is 0 Å². The van der Waals surface area contributed by atoms with E-state index in [4.69, 9.17) is 5.73 Å². The maximum atomic E-state index is 14.3. The number of hydrogen-bond acceptors (Lipinski definition) is 4. The summed E-state index contributed by atoms with van der Waals surface area (Å²) >= 11 is 1.44. The SMILES string of the molecule is CCN(CC)c1ccc(CNC(=O)CC(NC(N)=O)c2cccs2)cc1F. The van der Waals surface area contributed by atoms with E-state index in [1.807, 2.05) is 36.3 Å². The van der Waals surface area contributed by atoms with Crippen LogP contribution in [-0.4, -0.2) is 25.0 Å². The number of rotatable bonds is 9. The Labute approximate surface area is 162 Å². The lowest BCUT2D eigenvalue weighted by atomic mass is 10.1. The van der Waals surface area contributed by atoms with Crippen molar-refractivity contribution in [2.24, 2.45) is 5.73 Å². The molecule has 0 bridgehead atoms. The molecule has 0 aliphatic heterocycles. The molecule has 3 amide bonds. The van der Waals surface area contributed by atoms with Crippen LogP contribution in [0, 0.1) is 5.82 Å². The summed E-state index contributed by atoms with van der Waals surface area (Å²) in [6.45, 7) is 5.60. The number of urea groups is 1. The number of nitrogens with one attached hydrogen (secondary N) is 2. The first-order valence-electron chi connectivity index (χ1n) is 8.84. The van der Waals surface area contributed by atoms with Gasteiger partial charge in [-0.2, -0.15) is 0 Å². The van der Waals surface area contributed by atoms with Gasteiger partial charge < -0.3 is 21.3 Å². The number of nitrogens with zero attached hydrogens (tertiary/aromatic N) is 1. The van der Waals surface area contributed by atoms with Crippen LogP contribution < -0.4 is 21.3 Å². The predicted molar refractivity (Wildman–Crippen MR) is 106 cm³/mol. The van der Waals surface area contributed by atoms with Crippen molar-refractivity contribution in [3.05, 3.63) is 52.0 Å². The third-order valence-corrected chi connectivity index (χ3v) is 5.18. The Bertz CT molecular complexity index is 763. The van der Waals surface area contributed by atoms with Gasteiger partial charge in [0.25, 0.3) is 0 Å². The van der Waals surface area contributed by atoms with Crippen molar-refractivity contribution in [3.63, 3.8) is 0 Å². The van der Waals surface area contributed by atoms with Gasteiger partial charge in [-0.25, -0.2) is 9.18 Å². The van der Waals surface area contributed by atoms with E-state index in [0.717, 1.165) is 18.0 Å². The fourth-order valence-electron chi connectivity index (χ4n) is 2.82. The van der Waals surface area contributed by atoms with E-state index >= 15 is 0 Å². The number of primary amides is 1. The van der Waals surface area contributed by atoms with Gasteiger partial charge in [0.1, 0.15) is 5.82 Å². The zero-order valence-electron chi connectivity index (χ0n) is 15.5. The van der Waals surface area contributed by atoms with E-state index in [9.17, 15) is 14.0 Å². The molecule has 0 fully saturated rings. The maximum absolute atomic E-state index is 14.3. The van der Waals surface area contributed by atoms with Crippen molar-refractivity contribution < 1.29 is 14.0 Å². The summed E-state index contributed by atoms with van der Waals surface area (Å²) in [5, 5.41) is 7.20. The van der Waals surface area contributed by atoms with Crippen LogP contribution in [0.5, 0.6) is 0 Å². The number of benzene rings is 1. The molecule has 1 aromatic heterocycles. The molecule has 27 heavy (non-hydrogen) atoms. The molecule has 0 saturated carbocycles. The number of amides is 3. The molecule has 0 aliphatic carbocycles. The monoisotopic (exact) mass is 392 g/mol. The fraction of sp³-hybridized carbons (Fsp3) is 0.368. The maximum Gasteiger partial charge on any atom is 0.312 e. The molecule has 1 unspecified atom stereocenters. The predicted octanol–water partition coefficient (Wildman–Crippen LogP) is 3.15. The number of carbonyl (C=O) groups excluding carboxylic acids is 2. The first-order valence-corrected chi connectivity index (χ1v) is 9.72. The van der Waals surface area contributed by atoms with Gasteiger partial charge in [0.2, 0.25) is 5.91 Å². The standard InChI is InChI=1S/C19H25FN4O2S/c1-3-24(4-2)16-8-7-13(10-14(16)20)12-22-18(25)11-15(23-19(21)26)17-6-5-9-27-17/h5-10,15H,3-4,11-12H2,1-2H3,(H,22,25)(H3,21,23,26). The van der Waals surface area contributed by atoms with Crippen LogP contribution in [0.25, 0.3) is 0 Å². The third-order valence-electron chi connectivity index (χ3n) is 4.20. The number of hydrogen-bond donors (Lipinski definition) is 3. The minimum Gasteiger partial charge on any atom is -0.370 e. The molecule has 1 heterocycles. The Morgan fingerprint density at radius 3 is 2.56 bits per heavy atom. The number of nitrogens with two attached hydrogens (primary N) is 1. The summed E-state index contributed by atoms with van der Waals surface area (Å²) in [7, 11) is 0. The Morgan fingerprint density at radius 2 is 2.00 bits per heavy atom. The Hall–Kier alpha value is -2.61. The average molecular weight is 393 g/mol. The van der Waals surface area contributed by atoms with Crippen LogP contribution in [0.3, 0.4) is 0 Å². The van der Waals surface area contributed by atoms with Crippen molar-refractivity contribution in [2.45, 2.75) is 32.9 Å². The van der Waals surface area contributed by atoms with Gasteiger partial charge in [-0.15, -0.1) is 11.3 Å². The number of carbonyl (C=O) groups is 2. The third kappa shape index (κ3) is 5.96. The van der Waals surface area contributed by atoms with E-state index in [0.29, 0.717) is 11.3 Å². The lowest BCUT2D eigenvalue weighted by Gasteiger charge is -2.22. The smallest absolute Gasteiger partial charge is 0.312 e. The minimum absolute atomic E-state index is 0.0590. The Kier molecular flexibility index (Phi) is 7.60. The largest absolute Gasteiger partial charge is 0.370 e. The Balaban J connectivity index is 1.96. The van der Waals surface area contributed by atoms with E-state index < -0.39 is 12.1 Å². The van der Waals surface area contributed by atoms with Gasteiger partial charge in [0.05, 0.1) is 18.2 Å². The van der Waals surface area contributed by atoms with Gasteiger partial charge in [-0.3, -0.25) is 4.79 Å². The molecule has 8 heteroatoms. The lowest BCUT2D eigenvalue weighted by molar-refractivity contribution is -0.121. The van der Waals surface area contributed by atoms with Crippen molar-refractivity contribution >= 4 is 29.0 Å². The summed E-state index contributed by atoms with van der Waals surface area (Å²) in [5.74, 6) is -0.562. The van der Waals surface area contributed by atoms with Gasteiger partial charge in [-0.05, 0) is 43.0 Å². The van der Waals surface area contributed by atoms with Gasteiger partial charge in [0.15, 0.2) is 0 Å². The first kappa shape index (κ1) is 20.7. The second kappa shape index (κ2) is 9.91. The molecule has 1 atom stereocenters. The van der Waals surface area contributed by atoms with Gasteiger partial charge >= 0.3 is 6.03 Å². The summed E-state index contributed by atoms with van der Waals surface area (Å²) in [4.78, 5) is 26.2. The van der Waals surface area contributed by atoms with Crippen molar-refractivity contribution in [2.75, 3.05) is 18.0 Å². The zero-order valence-corrected chi connectivity index (χ0v) is 16.3.